The fourth-order valence-corrected chi connectivity index (χ4v) is 7.38. The van der Waals surface area contributed by atoms with Crippen LogP contribution in [0.5, 0.6) is 5.75 Å². The second-order valence-corrected chi connectivity index (χ2v) is 15.4. The molecule has 4 aliphatic rings. The van der Waals surface area contributed by atoms with Crippen LogP contribution in [-0.2, 0) is 30.3 Å². The van der Waals surface area contributed by atoms with E-state index in [2.05, 4.69) is 10.6 Å². The van der Waals surface area contributed by atoms with Crippen molar-refractivity contribution in [3.63, 3.8) is 0 Å². The molecule has 2 fully saturated rings. The van der Waals surface area contributed by atoms with Crippen molar-refractivity contribution in [2.24, 2.45) is 5.92 Å². The SMILES string of the molecule is COc1ccc2c(c1)CCN(C(=O)O[C@@H]1C[C@H]3C(=O)N[C@]4(C(=O)O)C[C@H]4/C=C/CCCCC[C@H](NC(=O)OC(C)(C)C)C(=O)N3C1)C2CN(C)C. The van der Waals surface area contributed by atoms with Gasteiger partial charge in [0.1, 0.15) is 35.1 Å². The molecular formula is C37H53N5O9. The Kier molecular flexibility index (Phi) is 11.5. The first kappa shape index (κ1) is 37.9. The molecule has 3 aliphatic heterocycles. The normalized spacial score (nSPS) is 29.0. The van der Waals surface area contributed by atoms with Gasteiger partial charge in [0.2, 0.25) is 11.8 Å². The smallest absolute Gasteiger partial charge is 0.410 e. The molecule has 5 rings (SSSR count). The summed E-state index contributed by atoms with van der Waals surface area (Å²) in [6, 6.07) is 3.38. The van der Waals surface area contributed by atoms with Crippen molar-refractivity contribution >= 4 is 30.0 Å². The Morgan fingerprint density at radius 1 is 1.14 bits per heavy atom. The molecule has 0 radical (unpaired) electrons. The lowest BCUT2D eigenvalue weighted by Gasteiger charge is -2.38. The number of hydrogen-bond donors (Lipinski definition) is 3. The molecule has 51 heavy (non-hydrogen) atoms. The zero-order valence-corrected chi connectivity index (χ0v) is 30.6. The van der Waals surface area contributed by atoms with Crippen LogP contribution in [0.25, 0.3) is 0 Å². The number of likely N-dealkylation sites (N-methyl/N-ethyl adjacent to an activating group) is 1. The minimum absolute atomic E-state index is 0.0291. The summed E-state index contributed by atoms with van der Waals surface area (Å²) in [7, 11) is 5.48. The van der Waals surface area contributed by atoms with Crippen molar-refractivity contribution < 1.29 is 43.3 Å². The third-order valence-corrected chi connectivity index (χ3v) is 10.1. The number of carbonyl (C=O) groups is 5. The molecular weight excluding hydrogens is 658 g/mol. The van der Waals surface area contributed by atoms with Crippen molar-refractivity contribution in [1.29, 1.82) is 0 Å². The van der Waals surface area contributed by atoms with Crippen LogP contribution in [-0.4, -0.2) is 120 Å². The number of allylic oxidation sites excluding steroid dienone is 1. The molecule has 1 aromatic rings. The van der Waals surface area contributed by atoms with Crippen molar-refractivity contribution in [1.82, 2.24) is 25.3 Å². The molecule has 6 atom stereocenters. The van der Waals surface area contributed by atoms with E-state index in [-0.39, 0.29) is 31.3 Å². The molecule has 1 aliphatic carbocycles. The van der Waals surface area contributed by atoms with Crippen LogP contribution in [0, 0.1) is 5.92 Å². The highest BCUT2D eigenvalue weighted by molar-refractivity contribution is 5.96. The van der Waals surface area contributed by atoms with Gasteiger partial charge in [-0.25, -0.2) is 14.4 Å². The largest absolute Gasteiger partial charge is 0.497 e. The predicted octanol–water partition coefficient (Wildman–Crippen LogP) is 3.64. The van der Waals surface area contributed by atoms with Crippen molar-refractivity contribution in [3.8, 4) is 5.75 Å². The summed E-state index contributed by atoms with van der Waals surface area (Å²) in [6.07, 6.45) is 5.67. The minimum atomic E-state index is -1.48. The first-order valence-corrected chi connectivity index (χ1v) is 17.9. The number of methoxy groups -OCH3 is 1. The van der Waals surface area contributed by atoms with Crippen molar-refractivity contribution in [3.05, 3.63) is 41.5 Å². The number of benzene rings is 1. The van der Waals surface area contributed by atoms with Gasteiger partial charge in [-0.3, -0.25) is 14.5 Å². The first-order valence-electron chi connectivity index (χ1n) is 17.9. The van der Waals surface area contributed by atoms with E-state index in [0.29, 0.717) is 32.4 Å². The lowest BCUT2D eigenvalue weighted by atomic mass is 9.92. The molecule has 3 N–H and O–H groups in total. The van der Waals surface area contributed by atoms with Gasteiger partial charge in [0, 0.05) is 25.4 Å². The lowest BCUT2D eigenvalue weighted by Crippen LogP contribution is -2.56. The fraction of sp³-hybridized carbons (Fsp3) is 0.649. The Morgan fingerprint density at radius 3 is 2.59 bits per heavy atom. The van der Waals surface area contributed by atoms with Crippen LogP contribution in [0.3, 0.4) is 0 Å². The second-order valence-electron chi connectivity index (χ2n) is 15.4. The number of rotatable bonds is 6. The maximum Gasteiger partial charge on any atom is 0.410 e. The van der Waals surface area contributed by atoms with Gasteiger partial charge in [0.15, 0.2) is 0 Å². The number of ether oxygens (including phenoxy) is 3. The van der Waals surface area contributed by atoms with Crippen molar-refractivity contribution in [2.45, 2.75) is 108 Å². The Labute approximate surface area is 299 Å². The zero-order valence-electron chi connectivity index (χ0n) is 30.6. The highest BCUT2D eigenvalue weighted by Crippen LogP contribution is 2.45. The van der Waals surface area contributed by atoms with Gasteiger partial charge in [-0.2, -0.15) is 0 Å². The van der Waals surface area contributed by atoms with Crippen molar-refractivity contribution in [2.75, 3.05) is 40.8 Å². The molecule has 1 aromatic carbocycles. The minimum Gasteiger partial charge on any atom is -0.497 e. The van der Waals surface area contributed by atoms with Gasteiger partial charge in [-0.05, 0) is 90.2 Å². The van der Waals surface area contributed by atoms with E-state index < -0.39 is 59.3 Å². The fourth-order valence-electron chi connectivity index (χ4n) is 7.38. The molecule has 1 unspecified atom stereocenters. The zero-order chi connectivity index (χ0) is 37.1. The molecule has 4 amide bonds. The van der Waals surface area contributed by atoms with Crippen LogP contribution in [0.2, 0.25) is 0 Å². The van der Waals surface area contributed by atoms with Crippen LogP contribution in [0.4, 0.5) is 9.59 Å². The summed E-state index contributed by atoms with van der Waals surface area (Å²) in [5.41, 5.74) is -0.200. The molecule has 0 aromatic heterocycles. The van der Waals surface area contributed by atoms with Crippen LogP contribution in [0.15, 0.2) is 30.4 Å². The number of nitrogens with one attached hydrogen (secondary N) is 2. The number of nitrogens with zero attached hydrogens (tertiary/aromatic N) is 3. The summed E-state index contributed by atoms with van der Waals surface area (Å²) in [6.45, 7) is 6.01. The second kappa shape index (κ2) is 15.5. The Hall–Kier alpha value is -4.33. The highest BCUT2D eigenvalue weighted by atomic mass is 16.6. The van der Waals surface area contributed by atoms with Gasteiger partial charge in [-0.1, -0.05) is 31.1 Å². The maximum absolute atomic E-state index is 14.3. The Bertz CT molecular complexity index is 1520. The Balaban J connectivity index is 1.40. The van der Waals surface area contributed by atoms with Crippen LogP contribution in [0.1, 0.15) is 82.9 Å². The van der Waals surface area contributed by atoms with Crippen LogP contribution < -0.4 is 15.4 Å². The lowest BCUT2D eigenvalue weighted by molar-refractivity contribution is -0.145. The standard InChI is InChI=1S/C37H53N5O9/c1-36(2,3)51-34(47)38-28-13-11-9-7-8-10-12-24-20-37(24,33(45)46)39-31(43)29-19-26(21-42(29)32(28)44)50-35(48)41-17-16-23-18-25(49-6)14-15-27(23)30(41)22-40(4)5/h10,12,14-15,18,24,26,28-30H,7-9,11,13,16-17,19-22H2,1-6H3,(H,38,47)(H,39,43)(H,45,46)/b12-10+/t24-,26-,28+,29+,30?,37-/m1/s1. The molecule has 0 bridgehead atoms. The first-order chi connectivity index (χ1) is 24.1. The highest BCUT2D eigenvalue weighted by Gasteiger charge is 2.61. The van der Waals surface area contributed by atoms with E-state index in [1.165, 1.54) is 4.90 Å². The van der Waals surface area contributed by atoms with Gasteiger partial charge < -0.3 is 39.8 Å². The summed E-state index contributed by atoms with van der Waals surface area (Å²) < 4.78 is 17.0. The van der Waals surface area contributed by atoms with Gasteiger partial charge in [0.05, 0.1) is 19.7 Å². The maximum atomic E-state index is 14.3. The summed E-state index contributed by atoms with van der Waals surface area (Å²) >= 11 is 0. The van der Waals surface area contributed by atoms with E-state index in [1.54, 1.807) is 32.8 Å². The number of fused-ring (bicyclic) bond motifs is 3. The summed E-state index contributed by atoms with van der Waals surface area (Å²) in [5.74, 6) is -1.94. The van der Waals surface area contributed by atoms with E-state index in [9.17, 15) is 29.1 Å². The van der Waals surface area contributed by atoms with E-state index in [0.717, 1.165) is 36.1 Å². The molecule has 3 heterocycles. The van der Waals surface area contributed by atoms with Gasteiger partial charge in [-0.15, -0.1) is 0 Å². The molecule has 14 heteroatoms. The molecule has 280 valence electrons. The van der Waals surface area contributed by atoms with E-state index in [4.69, 9.17) is 14.2 Å². The molecule has 1 saturated carbocycles. The average Bonchev–Trinajstić information content (AvgIpc) is 3.59. The summed E-state index contributed by atoms with van der Waals surface area (Å²) in [5, 5.41) is 15.6. The quantitative estimate of drug-likeness (QED) is 0.371. The molecule has 14 nitrogen and oxygen atoms in total. The molecule has 1 saturated heterocycles. The number of alkyl carbamates (subject to hydrolysis) is 1. The number of hydrogen-bond acceptors (Lipinski definition) is 9. The Morgan fingerprint density at radius 2 is 1.90 bits per heavy atom. The topological polar surface area (TPSA) is 167 Å². The predicted molar refractivity (Wildman–Crippen MR) is 187 cm³/mol. The number of carbonyl (C=O) groups excluding carboxylic acids is 4. The van der Waals surface area contributed by atoms with Crippen LogP contribution >= 0.6 is 0 Å². The van der Waals surface area contributed by atoms with Gasteiger partial charge in [0.25, 0.3) is 0 Å². The average molecular weight is 712 g/mol. The summed E-state index contributed by atoms with van der Waals surface area (Å²) in [4.78, 5) is 72.5. The van der Waals surface area contributed by atoms with E-state index in [1.807, 2.05) is 49.3 Å². The van der Waals surface area contributed by atoms with E-state index >= 15 is 0 Å². The third-order valence-electron chi connectivity index (χ3n) is 10.1. The number of amides is 4. The molecule has 0 spiro atoms. The van der Waals surface area contributed by atoms with Gasteiger partial charge >= 0.3 is 18.2 Å². The number of carboxylic acid groups (broad SMARTS) is 1. The third kappa shape index (κ3) is 8.95. The number of aliphatic carboxylic acids is 1. The monoisotopic (exact) mass is 711 g/mol. The number of carboxylic acids is 1.